The molecule has 3 rings (SSSR count). The summed E-state index contributed by atoms with van der Waals surface area (Å²) in [6, 6.07) is 17.5. The Labute approximate surface area is 147 Å². The fourth-order valence-electron chi connectivity index (χ4n) is 2.18. The van der Waals surface area contributed by atoms with Crippen molar-refractivity contribution in [2.45, 2.75) is 0 Å². The molecule has 3 aromatic rings. The zero-order chi connectivity index (χ0) is 17.1. The van der Waals surface area contributed by atoms with Crippen LogP contribution in [0.3, 0.4) is 0 Å². The predicted molar refractivity (Wildman–Crippen MR) is 96.1 cm³/mol. The second-order valence-electron chi connectivity index (χ2n) is 4.99. The quantitative estimate of drug-likeness (QED) is 0.689. The topological polar surface area (TPSA) is 66.4 Å². The lowest BCUT2D eigenvalue weighted by molar-refractivity contribution is 0.0703. The number of rotatable bonds is 4. The first-order valence-electron chi connectivity index (χ1n) is 7.04. The molecular weight excluding hydrogens is 346 g/mol. The van der Waals surface area contributed by atoms with Crippen LogP contribution in [0.25, 0.3) is 10.4 Å². The van der Waals surface area contributed by atoms with Gasteiger partial charge in [-0.15, -0.1) is 11.3 Å². The van der Waals surface area contributed by atoms with Crippen molar-refractivity contribution in [3.8, 4) is 10.4 Å². The molecule has 0 aliphatic carbocycles. The Morgan fingerprint density at radius 2 is 1.67 bits per heavy atom. The second-order valence-corrected chi connectivity index (χ2v) is 6.47. The van der Waals surface area contributed by atoms with Gasteiger partial charge in [0.05, 0.1) is 5.69 Å². The van der Waals surface area contributed by atoms with Gasteiger partial charge in [-0.3, -0.25) is 4.79 Å². The molecule has 4 nitrogen and oxygen atoms in total. The molecule has 0 aliphatic heterocycles. The number of carboxylic acid groups (broad SMARTS) is 1. The van der Waals surface area contributed by atoms with E-state index < -0.39 is 5.97 Å². The Balaban J connectivity index is 1.92. The highest BCUT2D eigenvalue weighted by atomic mass is 35.5. The minimum Gasteiger partial charge on any atom is -0.477 e. The molecule has 0 saturated carbocycles. The van der Waals surface area contributed by atoms with Crippen molar-refractivity contribution in [1.29, 1.82) is 0 Å². The van der Waals surface area contributed by atoms with Crippen LogP contribution in [0.15, 0.2) is 60.7 Å². The van der Waals surface area contributed by atoms with E-state index in [0.717, 1.165) is 21.8 Å². The van der Waals surface area contributed by atoms with E-state index in [4.69, 9.17) is 11.6 Å². The smallest absolute Gasteiger partial charge is 0.348 e. The number of carbonyl (C=O) groups excluding carboxylic acids is 1. The SMILES string of the molecule is O=C(Nc1cc(-c2ccccc2)sc1C(=O)O)c1ccc(Cl)cc1. The van der Waals surface area contributed by atoms with Crippen LogP contribution in [-0.4, -0.2) is 17.0 Å². The van der Waals surface area contributed by atoms with Crippen LogP contribution >= 0.6 is 22.9 Å². The molecule has 1 aromatic heterocycles. The molecule has 2 aromatic carbocycles. The molecule has 120 valence electrons. The van der Waals surface area contributed by atoms with Gasteiger partial charge in [0.2, 0.25) is 0 Å². The Bertz CT molecular complexity index is 888. The Morgan fingerprint density at radius 1 is 1.00 bits per heavy atom. The summed E-state index contributed by atoms with van der Waals surface area (Å²) in [6.07, 6.45) is 0. The number of aromatic carboxylic acids is 1. The monoisotopic (exact) mass is 357 g/mol. The average Bonchev–Trinajstić information content (AvgIpc) is 3.00. The molecule has 0 atom stereocenters. The number of nitrogens with one attached hydrogen (secondary N) is 1. The number of carbonyl (C=O) groups is 2. The highest BCUT2D eigenvalue weighted by Gasteiger charge is 2.18. The predicted octanol–water partition coefficient (Wildman–Crippen LogP) is 5.02. The summed E-state index contributed by atoms with van der Waals surface area (Å²) in [5.74, 6) is -1.46. The van der Waals surface area contributed by atoms with Gasteiger partial charge in [-0.1, -0.05) is 41.9 Å². The van der Waals surface area contributed by atoms with Crippen LogP contribution < -0.4 is 5.32 Å². The van der Waals surface area contributed by atoms with E-state index in [-0.39, 0.29) is 16.5 Å². The molecule has 0 aliphatic rings. The van der Waals surface area contributed by atoms with Gasteiger partial charge in [0.25, 0.3) is 5.91 Å². The van der Waals surface area contributed by atoms with Gasteiger partial charge < -0.3 is 10.4 Å². The molecule has 0 bridgehead atoms. The number of anilines is 1. The molecule has 1 heterocycles. The summed E-state index contributed by atoms with van der Waals surface area (Å²) in [4.78, 5) is 24.6. The first-order valence-corrected chi connectivity index (χ1v) is 8.23. The minimum atomic E-state index is -1.08. The van der Waals surface area contributed by atoms with Gasteiger partial charge >= 0.3 is 5.97 Å². The van der Waals surface area contributed by atoms with Gasteiger partial charge in [0.15, 0.2) is 0 Å². The van der Waals surface area contributed by atoms with Gasteiger partial charge in [0.1, 0.15) is 4.88 Å². The maximum Gasteiger partial charge on any atom is 0.348 e. The van der Waals surface area contributed by atoms with Crippen LogP contribution in [0.4, 0.5) is 5.69 Å². The lowest BCUT2D eigenvalue weighted by Gasteiger charge is -2.04. The first-order chi connectivity index (χ1) is 11.5. The van der Waals surface area contributed by atoms with E-state index in [0.29, 0.717) is 10.6 Å². The van der Waals surface area contributed by atoms with Crippen molar-refractivity contribution in [3.05, 3.63) is 76.1 Å². The highest BCUT2D eigenvalue weighted by Crippen LogP contribution is 2.35. The van der Waals surface area contributed by atoms with E-state index in [2.05, 4.69) is 5.32 Å². The first kappa shape index (κ1) is 16.2. The Morgan fingerprint density at radius 3 is 2.29 bits per heavy atom. The summed E-state index contributed by atoms with van der Waals surface area (Å²) >= 11 is 6.93. The lowest BCUT2D eigenvalue weighted by Crippen LogP contribution is -2.13. The van der Waals surface area contributed by atoms with Crippen LogP contribution in [0.2, 0.25) is 5.02 Å². The maximum atomic E-state index is 12.3. The highest BCUT2D eigenvalue weighted by molar-refractivity contribution is 7.18. The molecule has 0 spiro atoms. The van der Waals surface area contributed by atoms with E-state index in [1.807, 2.05) is 30.3 Å². The molecule has 1 amide bonds. The van der Waals surface area contributed by atoms with E-state index in [1.54, 1.807) is 30.3 Å². The number of hydrogen-bond acceptors (Lipinski definition) is 3. The van der Waals surface area contributed by atoms with Gasteiger partial charge in [0, 0.05) is 15.5 Å². The third-order valence-electron chi connectivity index (χ3n) is 3.34. The number of benzene rings is 2. The fraction of sp³-hybridized carbons (Fsp3) is 0. The molecule has 0 radical (unpaired) electrons. The third kappa shape index (κ3) is 3.48. The van der Waals surface area contributed by atoms with Crippen molar-refractivity contribution >= 4 is 40.5 Å². The average molecular weight is 358 g/mol. The Hall–Kier alpha value is -2.63. The molecular formula is C18H12ClNO3S. The van der Waals surface area contributed by atoms with Crippen molar-refractivity contribution in [2.75, 3.05) is 5.32 Å². The second kappa shape index (κ2) is 6.86. The summed E-state index contributed by atoms with van der Waals surface area (Å²) in [5, 5.41) is 12.6. The summed E-state index contributed by atoms with van der Waals surface area (Å²) < 4.78 is 0. The zero-order valence-electron chi connectivity index (χ0n) is 12.3. The van der Waals surface area contributed by atoms with Crippen molar-refractivity contribution < 1.29 is 14.7 Å². The van der Waals surface area contributed by atoms with Crippen LogP contribution in [-0.2, 0) is 0 Å². The summed E-state index contributed by atoms with van der Waals surface area (Å²) in [7, 11) is 0. The zero-order valence-corrected chi connectivity index (χ0v) is 13.9. The van der Waals surface area contributed by atoms with E-state index in [1.165, 1.54) is 0 Å². The molecule has 6 heteroatoms. The number of halogens is 1. The minimum absolute atomic E-state index is 0.0937. The normalized spacial score (nSPS) is 10.4. The molecule has 2 N–H and O–H groups in total. The van der Waals surface area contributed by atoms with Gasteiger partial charge in [-0.05, 0) is 35.9 Å². The molecule has 0 saturated heterocycles. The summed E-state index contributed by atoms with van der Waals surface area (Å²) in [5.41, 5.74) is 1.59. The molecule has 0 fully saturated rings. The van der Waals surface area contributed by atoms with Gasteiger partial charge in [-0.25, -0.2) is 4.79 Å². The van der Waals surface area contributed by atoms with Crippen LogP contribution in [0.1, 0.15) is 20.0 Å². The number of hydrogen-bond donors (Lipinski definition) is 2. The van der Waals surface area contributed by atoms with Gasteiger partial charge in [-0.2, -0.15) is 0 Å². The van der Waals surface area contributed by atoms with Crippen molar-refractivity contribution in [2.24, 2.45) is 0 Å². The van der Waals surface area contributed by atoms with E-state index in [9.17, 15) is 14.7 Å². The standard InChI is InChI=1S/C18H12ClNO3S/c19-13-8-6-12(7-9-13)17(21)20-14-10-15(24-16(14)18(22)23)11-4-2-1-3-5-11/h1-10H,(H,20,21)(H,22,23). The van der Waals surface area contributed by atoms with Crippen molar-refractivity contribution in [1.82, 2.24) is 0 Å². The van der Waals surface area contributed by atoms with Crippen molar-refractivity contribution in [3.63, 3.8) is 0 Å². The fourth-order valence-corrected chi connectivity index (χ4v) is 3.27. The van der Waals surface area contributed by atoms with Crippen LogP contribution in [0.5, 0.6) is 0 Å². The molecule has 0 unspecified atom stereocenters. The lowest BCUT2D eigenvalue weighted by atomic mass is 10.2. The summed E-state index contributed by atoms with van der Waals surface area (Å²) in [6.45, 7) is 0. The third-order valence-corrected chi connectivity index (χ3v) is 4.76. The van der Waals surface area contributed by atoms with Crippen LogP contribution in [0, 0.1) is 0 Å². The largest absolute Gasteiger partial charge is 0.477 e. The Kier molecular flexibility index (Phi) is 4.64. The van der Waals surface area contributed by atoms with E-state index >= 15 is 0 Å². The number of amides is 1. The molecule has 24 heavy (non-hydrogen) atoms. The maximum absolute atomic E-state index is 12.3. The number of thiophene rings is 1. The number of carboxylic acids is 1.